The van der Waals surface area contributed by atoms with Crippen molar-refractivity contribution in [3.8, 4) is 0 Å². The highest BCUT2D eigenvalue weighted by atomic mass is 79.9. The molecule has 116 valence electrons. The summed E-state index contributed by atoms with van der Waals surface area (Å²) < 4.78 is 1.16. The summed E-state index contributed by atoms with van der Waals surface area (Å²) in [7, 11) is 0. The van der Waals surface area contributed by atoms with Crippen LogP contribution in [0.25, 0.3) is 0 Å². The zero-order valence-electron chi connectivity index (χ0n) is 12.8. The van der Waals surface area contributed by atoms with Crippen molar-refractivity contribution in [2.75, 3.05) is 17.2 Å². The van der Waals surface area contributed by atoms with E-state index in [4.69, 9.17) is 5.73 Å². The van der Waals surface area contributed by atoms with Gasteiger partial charge in [0.05, 0.1) is 6.04 Å². The number of hydrogen-bond donors (Lipinski definition) is 1. The van der Waals surface area contributed by atoms with Gasteiger partial charge in [-0.05, 0) is 31.4 Å². The lowest BCUT2D eigenvalue weighted by Gasteiger charge is -2.32. The van der Waals surface area contributed by atoms with Crippen LogP contribution in [-0.4, -0.2) is 16.5 Å². The summed E-state index contributed by atoms with van der Waals surface area (Å²) in [6.07, 6.45) is 4.81. The molecule has 0 spiro atoms. The van der Waals surface area contributed by atoms with E-state index in [0.29, 0.717) is 12.0 Å². The first kappa shape index (κ1) is 15.3. The van der Waals surface area contributed by atoms with E-state index < -0.39 is 0 Å². The number of nitrogen functional groups attached to an aromatic ring is 1. The first-order chi connectivity index (χ1) is 10.6. The molecule has 0 bridgehead atoms. The lowest BCUT2D eigenvalue weighted by atomic mass is 10.0. The zero-order valence-corrected chi connectivity index (χ0v) is 14.4. The molecule has 1 atom stereocenters. The predicted molar refractivity (Wildman–Crippen MR) is 93.9 cm³/mol. The van der Waals surface area contributed by atoms with E-state index in [0.717, 1.165) is 29.0 Å². The molecule has 0 saturated carbocycles. The lowest BCUT2D eigenvalue weighted by Crippen LogP contribution is -2.29. The Kier molecular flexibility index (Phi) is 4.62. The van der Waals surface area contributed by atoms with Gasteiger partial charge in [0, 0.05) is 22.8 Å². The highest BCUT2D eigenvalue weighted by Gasteiger charge is 2.25. The summed E-state index contributed by atoms with van der Waals surface area (Å²) in [4.78, 5) is 11.1. The Morgan fingerprint density at radius 3 is 2.77 bits per heavy atom. The molecule has 0 aliphatic carbocycles. The van der Waals surface area contributed by atoms with Crippen LogP contribution in [0.2, 0.25) is 0 Å². The van der Waals surface area contributed by atoms with E-state index in [-0.39, 0.29) is 0 Å². The van der Waals surface area contributed by atoms with Gasteiger partial charge in [-0.3, -0.25) is 0 Å². The van der Waals surface area contributed by atoms with Gasteiger partial charge in [-0.1, -0.05) is 47.0 Å². The number of nitrogens with zero attached hydrogens (tertiary/aromatic N) is 3. The number of benzene rings is 1. The third-order valence-electron chi connectivity index (χ3n) is 4.17. The Labute approximate surface area is 139 Å². The van der Waals surface area contributed by atoms with Crippen LogP contribution < -0.4 is 10.6 Å². The number of rotatable bonds is 2. The van der Waals surface area contributed by atoms with E-state index in [2.05, 4.69) is 55.1 Å². The molecule has 1 aromatic heterocycles. The molecule has 1 fully saturated rings. The second kappa shape index (κ2) is 6.65. The highest BCUT2D eigenvalue weighted by molar-refractivity contribution is 9.10. The Balaban J connectivity index is 2.03. The fraction of sp³-hybridized carbons (Fsp3) is 0.412. The molecule has 2 heterocycles. The quantitative estimate of drug-likeness (QED) is 0.869. The van der Waals surface area contributed by atoms with Crippen molar-refractivity contribution in [3.63, 3.8) is 0 Å². The van der Waals surface area contributed by atoms with Crippen molar-refractivity contribution in [3.05, 3.63) is 46.1 Å². The molecular weight excluding hydrogens is 340 g/mol. The van der Waals surface area contributed by atoms with Crippen LogP contribution in [-0.2, 0) is 0 Å². The van der Waals surface area contributed by atoms with Gasteiger partial charge in [-0.15, -0.1) is 0 Å². The molecule has 0 amide bonds. The van der Waals surface area contributed by atoms with Crippen molar-refractivity contribution < 1.29 is 0 Å². The van der Waals surface area contributed by atoms with Crippen molar-refractivity contribution in [2.24, 2.45) is 0 Å². The maximum atomic E-state index is 5.86. The Morgan fingerprint density at radius 2 is 2.00 bits per heavy atom. The molecule has 1 saturated heterocycles. The van der Waals surface area contributed by atoms with Gasteiger partial charge in [-0.25, -0.2) is 4.98 Å². The second-order valence-corrected chi connectivity index (χ2v) is 6.66. The average molecular weight is 361 g/mol. The van der Waals surface area contributed by atoms with Crippen LogP contribution >= 0.6 is 15.9 Å². The molecule has 0 radical (unpaired) electrons. The third kappa shape index (κ3) is 3.24. The summed E-state index contributed by atoms with van der Waals surface area (Å²) in [5.41, 5.74) is 8.09. The van der Waals surface area contributed by atoms with Crippen molar-refractivity contribution >= 4 is 27.7 Å². The Bertz CT molecular complexity index is 639. The fourth-order valence-corrected chi connectivity index (χ4v) is 3.72. The highest BCUT2D eigenvalue weighted by Crippen LogP contribution is 2.36. The number of aromatic nitrogens is 2. The molecule has 0 unspecified atom stereocenters. The van der Waals surface area contributed by atoms with Crippen LogP contribution in [0.5, 0.6) is 0 Å². The normalized spacial score (nSPS) is 19.0. The van der Waals surface area contributed by atoms with E-state index in [9.17, 15) is 0 Å². The molecular formula is C17H21BrN4. The second-order valence-electron chi connectivity index (χ2n) is 5.81. The predicted octanol–water partition coefficient (Wildman–Crippen LogP) is 4.25. The summed E-state index contributed by atoms with van der Waals surface area (Å²) in [5, 5.41) is 0. The Morgan fingerprint density at radius 1 is 1.18 bits per heavy atom. The maximum absolute atomic E-state index is 5.86. The van der Waals surface area contributed by atoms with Crippen LogP contribution in [0.1, 0.15) is 43.0 Å². The summed E-state index contributed by atoms with van der Waals surface area (Å²) in [6, 6.07) is 10.8. The van der Waals surface area contributed by atoms with Gasteiger partial charge in [-0.2, -0.15) is 4.98 Å². The minimum Gasteiger partial charge on any atom is -0.368 e. The Hall–Kier alpha value is -1.62. The van der Waals surface area contributed by atoms with Gasteiger partial charge < -0.3 is 10.6 Å². The van der Waals surface area contributed by atoms with Gasteiger partial charge in [0.25, 0.3) is 0 Å². The zero-order chi connectivity index (χ0) is 15.5. The number of hydrogen-bond acceptors (Lipinski definition) is 4. The maximum Gasteiger partial charge on any atom is 0.222 e. The average Bonchev–Trinajstić information content (AvgIpc) is 2.72. The number of aryl methyl sites for hydroxylation is 1. The van der Waals surface area contributed by atoms with Crippen LogP contribution in [0.3, 0.4) is 0 Å². The number of nitrogens with two attached hydrogens (primary N) is 1. The van der Waals surface area contributed by atoms with Gasteiger partial charge in [0.1, 0.15) is 5.82 Å². The van der Waals surface area contributed by atoms with E-state index >= 15 is 0 Å². The fourth-order valence-electron chi connectivity index (χ4n) is 3.17. The summed E-state index contributed by atoms with van der Waals surface area (Å²) in [5.74, 6) is 1.29. The molecule has 2 aromatic rings. The smallest absolute Gasteiger partial charge is 0.222 e. The van der Waals surface area contributed by atoms with Crippen LogP contribution in [0, 0.1) is 6.92 Å². The molecule has 4 nitrogen and oxygen atoms in total. The largest absolute Gasteiger partial charge is 0.368 e. The first-order valence-corrected chi connectivity index (χ1v) is 8.56. The molecule has 22 heavy (non-hydrogen) atoms. The van der Waals surface area contributed by atoms with Crippen molar-refractivity contribution in [1.29, 1.82) is 0 Å². The van der Waals surface area contributed by atoms with Crippen LogP contribution in [0.4, 0.5) is 11.8 Å². The summed E-state index contributed by atoms with van der Waals surface area (Å²) >= 11 is 3.70. The van der Waals surface area contributed by atoms with Gasteiger partial charge in [0.15, 0.2) is 0 Å². The number of halogens is 1. The molecule has 2 N–H and O–H groups in total. The number of anilines is 2. The minimum atomic E-state index is 0.326. The van der Waals surface area contributed by atoms with Crippen LogP contribution in [0.15, 0.2) is 34.8 Å². The monoisotopic (exact) mass is 360 g/mol. The SMILES string of the molecule is Cc1cc(N2CCCCC[C@@H]2c2ccccc2Br)nc(N)n1. The van der Waals surface area contributed by atoms with E-state index in [1.807, 2.05) is 13.0 Å². The van der Waals surface area contributed by atoms with E-state index in [1.165, 1.54) is 24.8 Å². The van der Waals surface area contributed by atoms with Crippen molar-refractivity contribution in [2.45, 2.75) is 38.6 Å². The summed E-state index contributed by atoms with van der Waals surface area (Å²) in [6.45, 7) is 2.97. The molecule has 5 heteroatoms. The first-order valence-electron chi connectivity index (χ1n) is 7.77. The van der Waals surface area contributed by atoms with Crippen molar-refractivity contribution in [1.82, 2.24) is 9.97 Å². The standard InChI is InChI=1S/C17H21BrN4/c1-12-11-16(21-17(19)20-12)22-10-6-2-3-9-15(22)13-7-4-5-8-14(13)18/h4-5,7-8,11,15H,2-3,6,9-10H2,1H3,(H2,19,20,21)/t15-/m1/s1. The molecule has 1 aromatic carbocycles. The van der Waals surface area contributed by atoms with Gasteiger partial charge >= 0.3 is 0 Å². The van der Waals surface area contributed by atoms with E-state index in [1.54, 1.807) is 0 Å². The third-order valence-corrected chi connectivity index (χ3v) is 4.89. The van der Waals surface area contributed by atoms with Gasteiger partial charge in [0.2, 0.25) is 5.95 Å². The topological polar surface area (TPSA) is 55.0 Å². The molecule has 3 rings (SSSR count). The lowest BCUT2D eigenvalue weighted by molar-refractivity contribution is 0.594. The molecule has 1 aliphatic heterocycles. The molecule has 1 aliphatic rings. The minimum absolute atomic E-state index is 0.326.